The lowest BCUT2D eigenvalue weighted by molar-refractivity contribution is 0.00578. The van der Waals surface area contributed by atoms with E-state index in [4.69, 9.17) is 9.31 Å². The molecule has 0 aromatic heterocycles. The van der Waals surface area contributed by atoms with Crippen molar-refractivity contribution >= 4 is 28.3 Å². The van der Waals surface area contributed by atoms with Crippen LogP contribution in [0.5, 0.6) is 0 Å². The Morgan fingerprint density at radius 2 is 1.57 bits per heavy atom. The van der Waals surface area contributed by atoms with Crippen molar-refractivity contribution in [3.8, 4) is 0 Å². The molecule has 0 unspecified atom stereocenters. The maximum atomic E-state index is 12.2. The lowest BCUT2D eigenvalue weighted by Crippen LogP contribution is -2.41. The van der Waals surface area contributed by atoms with Crippen molar-refractivity contribution in [3.63, 3.8) is 0 Å². The SMILES string of the molecule is CC1(C)OB(c2ccc(N3CCCCS3(=O)=O)cc2)OC1(C)C. The van der Waals surface area contributed by atoms with Crippen LogP contribution in [0.4, 0.5) is 5.69 Å². The molecule has 2 saturated heterocycles. The number of sulfonamides is 1. The van der Waals surface area contributed by atoms with Crippen molar-refractivity contribution < 1.29 is 17.7 Å². The lowest BCUT2D eigenvalue weighted by atomic mass is 9.79. The van der Waals surface area contributed by atoms with E-state index in [2.05, 4.69) is 0 Å². The summed E-state index contributed by atoms with van der Waals surface area (Å²) in [6.45, 7) is 8.62. The Morgan fingerprint density at radius 3 is 2.09 bits per heavy atom. The van der Waals surface area contributed by atoms with Crippen LogP contribution in [0.3, 0.4) is 0 Å². The second-order valence-electron chi connectivity index (χ2n) is 7.28. The third kappa shape index (κ3) is 3.02. The quantitative estimate of drug-likeness (QED) is 0.774. The normalized spacial score (nSPS) is 25.6. The molecule has 1 aromatic carbocycles. The summed E-state index contributed by atoms with van der Waals surface area (Å²) in [5.74, 6) is 0.228. The Bertz CT molecular complexity index is 669. The molecule has 2 fully saturated rings. The summed E-state index contributed by atoms with van der Waals surface area (Å²) >= 11 is 0. The molecule has 23 heavy (non-hydrogen) atoms. The van der Waals surface area contributed by atoms with Gasteiger partial charge in [0.05, 0.1) is 22.6 Å². The summed E-state index contributed by atoms with van der Waals surface area (Å²) < 4.78 is 37.9. The first-order valence-electron chi connectivity index (χ1n) is 8.08. The average molecular weight is 337 g/mol. The Hall–Kier alpha value is -1.05. The van der Waals surface area contributed by atoms with E-state index in [1.54, 1.807) is 0 Å². The summed E-state index contributed by atoms with van der Waals surface area (Å²) in [4.78, 5) is 0. The van der Waals surface area contributed by atoms with E-state index in [0.29, 0.717) is 12.2 Å². The van der Waals surface area contributed by atoms with E-state index >= 15 is 0 Å². The van der Waals surface area contributed by atoms with Gasteiger partial charge in [0.15, 0.2) is 0 Å². The molecular formula is C16H24BNO4S. The van der Waals surface area contributed by atoms with Crippen LogP contribution >= 0.6 is 0 Å². The molecular weight excluding hydrogens is 313 g/mol. The second-order valence-corrected chi connectivity index (χ2v) is 9.29. The summed E-state index contributed by atoms with van der Waals surface area (Å²) in [5, 5.41) is 0. The van der Waals surface area contributed by atoms with Gasteiger partial charge < -0.3 is 9.31 Å². The van der Waals surface area contributed by atoms with Crippen LogP contribution in [-0.2, 0) is 19.3 Å². The predicted molar refractivity (Wildman–Crippen MR) is 92.5 cm³/mol. The smallest absolute Gasteiger partial charge is 0.399 e. The standard InChI is InChI=1S/C16H24BNO4S/c1-15(2)16(3,4)22-17(21-15)13-7-9-14(10-8-13)18-11-5-6-12-23(18,19)20/h7-10H,5-6,11-12H2,1-4H3. The number of rotatable bonds is 2. The highest BCUT2D eigenvalue weighted by Gasteiger charge is 2.51. The minimum absolute atomic E-state index is 0.228. The van der Waals surface area contributed by atoms with Crippen LogP contribution in [-0.4, -0.2) is 39.0 Å². The Kier molecular flexibility index (Phi) is 4.02. The van der Waals surface area contributed by atoms with Crippen LogP contribution in [0.15, 0.2) is 24.3 Å². The van der Waals surface area contributed by atoms with Crippen LogP contribution in [0.1, 0.15) is 40.5 Å². The van der Waals surface area contributed by atoms with Gasteiger partial charge in [-0.2, -0.15) is 0 Å². The van der Waals surface area contributed by atoms with E-state index in [-0.39, 0.29) is 17.0 Å². The summed E-state index contributed by atoms with van der Waals surface area (Å²) in [7, 11) is -3.60. The van der Waals surface area contributed by atoms with Crippen LogP contribution in [0.25, 0.3) is 0 Å². The molecule has 0 radical (unpaired) electrons. The van der Waals surface area contributed by atoms with Crippen molar-refractivity contribution in [3.05, 3.63) is 24.3 Å². The van der Waals surface area contributed by atoms with Gasteiger partial charge in [0.1, 0.15) is 0 Å². The third-order valence-corrected chi connectivity index (χ3v) is 6.93. The van der Waals surface area contributed by atoms with E-state index in [1.165, 1.54) is 4.31 Å². The molecule has 0 saturated carbocycles. The van der Waals surface area contributed by atoms with E-state index in [0.717, 1.165) is 18.3 Å². The predicted octanol–water partition coefficient (Wildman–Crippen LogP) is 1.92. The fourth-order valence-corrected chi connectivity index (χ4v) is 4.50. The maximum Gasteiger partial charge on any atom is 0.494 e. The first kappa shape index (κ1) is 16.8. The highest BCUT2D eigenvalue weighted by Crippen LogP contribution is 2.36. The van der Waals surface area contributed by atoms with E-state index < -0.39 is 17.1 Å². The van der Waals surface area contributed by atoms with Crippen molar-refractivity contribution in [2.24, 2.45) is 0 Å². The molecule has 0 amide bonds. The van der Waals surface area contributed by atoms with Crippen LogP contribution < -0.4 is 9.77 Å². The van der Waals surface area contributed by atoms with Crippen molar-refractivity contribution in [1.29, 1.82) is 0 Å². The molecule has 0 atom stereocenters. The molecule has 2 aliphatic rings. The molecule has 2 aliphatic heterocycles. The zero-order chi connectivity index (χ0) is 16.9. The largest absolute Gasteiger partial charge is 0.494 e. The van der Waals surface area contributed by atoms with Gasteiger partial charge in [-0.05, 0) is 58.1 Å². The molecule has 3 rings (SSSR count). The Morgan fingerprint density at radius 1 is 1.00 bits per heavy atom. The number of nitrogens with zero attached hydrogens (tertiary/aromatic N) is 1. The summed E-state index contributed by atoms with van der Waals surface area (Å²) in [5.41, 5.74) is 0.853. The summed E-state index contributed by atoms with van der Waals surface area (Å²) in [6, 6.07) is 7.45. The number of benzene rings is 1. The Labute approximate surface area is 139 Å². The summed E-state index contributed by atoms with van der Waals surface area (Å²) in [6.07, 6.45) is 1.64. The van der Waals surface area contributed by atoms with E-state index in [9.17, 15) is 8.42 Å². The molecule has 7 heteroatoms. The highest BCUT2D eigenvalue weighted by atomic mass is 32.2. The van der Waals surface area contributed by atoms with Gasteiger partial charge in [0, 0.05) is 6.54 Å². The average Bonchev–Trinajstić information content (AvgIpc) is 2.67. The molecule has 126 valence electrons. The minimum atomic E-state index is -3.17. The van der Waals surface area contributed by atoms with Gasteiger partial charge in [0.2, 0.25) is 10.0 Å². The molecule has 0 spiro atoms. The molecule has 0 bridgehead atoms. The molecule has 2 heterocycles. The van der Waals surface area contributed by atoms with Crippen molar-refractivity contribution in [1.82, 2.24) is 0 Å². The lowest BCUT2D eigenvalue weighted by Gasteiger charge is -2.32. The van der Waals surface area contributed by atoms with E-state index in [1.807, 2.05) is 52.0 Å². The molecule has 1 aromatic rings. The van der Waals surface area contributed by atoms with Gasteiger partial charge in [-0.15, -0.1) is 0 Å². The first-order valence-corrected chi connectivity index (χ1v) is 9.69. The second kappa shape index (κ2) is 5.50. The number of hydrogen-bond acceptors (Lipinski definition) is 4. The number of hydrogen-bond donors (Lipinski definition) is 0. The maximum absolute atomic E-state index is 12.2. The number of anilines is 1. The highest BCUT2D eigenvalue weighted by molar-refractivity contribution is 7.92. The molecule has 0 aliphatic carbocycles. The van der Waals surface area contributed by atoms with Gasteiger partial charge in [-0.1, -0.05) is 12.1 Å². The third-order valence-electron chi connectivity index (χ3n) is 5.06. The fourth-order valence-electron chi connectivity index (χ4n) is 2.86. The van der Waals surface area contributed by atoms with Gasteiger partial charge >= 0.3 is 7.12 Å². The molecule has 5 nitrogen and oxygen atoms in total. The topological polar surface area (TPSA) is 55.8 Å². The van der Waals surface area contributed by atoms with Gasteiger partial charge in [-0.25, -0.2) is 8.42 Å². The molecule has 0 N–H and O–H groups in total. The first-order chi connectivity index (χ1) is 10.6. The zero-order valence-electron chi connectivity index (χ0n) is 14.2. The fraction of sp³-hybridized carbons (Fsp3) is 0.625. The van der Waals surface area contributed by atoms with Crippen LogP contribution in [0.2, 0.25) is 0 Å². The Balaban J connectivity index is 1.81. The zero-order valence-corrected chi connectivity index (χ0v) is 15.0. The van der Waals surface area contributed by atoms with Gasteiger partial charge in [-0.3, -0.25) is 4.31 Å². The monoisotopic (exact) mass is 337 g/mol. The van der Waals surface area contributed by atoms with Crippen molar-refractivity contribution in [2.45, 2.75) is 51.7 Å². The van der Waals surface area contributed by atoms with Crippen molar-refractivity contribution in [2.75, 3.05) is 16.6 Å². The van der Waals surface area contributed by atoms with Crippen LogP contribution in [0, 0.1) is 0 Å². The minimum Gasteiger partial charge on any atom is -0.399 e. The van der Waals surface area contributed by atoms with Gasteiger partial charge in [0.25, 0.3) is 0 Å².